The van der Waals surface area contributed by atoms with Crippen LogP contribution >= 0.6 is 0 Å². The van der Waals surface area contributed by atoms with Gasteiger partial charge in [-0.2, -0.15) is 8.42 Å². The third-order valence-electron chi connectivity index (χ3n) is 8.45. The van der Waals surface area contributed by atoms with Crippen LogP contribution in [0.4, 0.5) is 17.1 Å². The molecule has 240 valence electrons. The standard InChI is InChI=1S/C37H40N2O6S/c1-20-17-21(2)35(46(42,43)44)22(3)32(20)39-27-18-28(45-24-15-13-23(14-16-24)37(7,8)19-36(4,5)6)31(38)30-29(27)33(40)25-11-9-10-12-26(25)34(30)41/h9-18,39H,19,38H2,1-8H3,(H,42,43,44). The molecule has 46 heavy (non-hydrogen) atoms. The SMILES string of the molecule is Cc1cc(C)c(S(=O)(=O)O)c(C)c1Nc1cc(Oc2ccc(C(C)(C)CC(C)(C)C)cc2)c(N)c2c1C(=O)c1ccccc1C2=O. The van der Waals surface area contributed by atoms with E-state index in [9.17, 15) is 22.6 Å². The minimum atomic E-state index is -4.56. The zero-order chi connectivity index (χ0) is 33.9. The van der Waals surface area contributed by atoms with Crippen molar-refractivity contribution in [3.8, 4) is 11.5 Å². The first-order valence-electron chi connectivity index (χ1n) is 15.1. The Labute approximate surface area is 270 Å². The number of benzene rings is 4. The maximum atomic E-state index is 13.9. The van der Waals surface area contributed by atoms with Crippen molar-refractivity contribution in [1.82, 2.24) is 0 Å². The summed E-state index contributed by atoms with van der Waals surface area (Å²) < 4.78 is 40.9. The highest BCUT2D eigenvalue weighted by atomic mass is 32.2. The Kier molecular flexibility index (Phi) is 8.16. The maximum Gasteiger partial charge on any atom is 0.295 e. The van der Waals surface area contributed by atoms with Gasteiger partial charge in [0, 0.05) is 22.9 Å². The normalized spacial score (nSPS) is 13.3. The molecule has 4 N–H and O–H groups in total. The number of nitrogens with two attached hydrogens (primary N) is 1. The van der Waals surface area contributed by atoms with Crippen LogP contribution in [0.3, 0.4) is 0 Å². The monoisotopic (exact) mass is 640 g/mol. The maximum absolute atomic E-state index is 13.9. The summed E-state index contributed by atoms with van der Waals surface area (Å²) in [7, 11) is -4.56. The molecule has 0 amide bonds. The van der Waals surface area contributed by atoms with Crippen LogP contribution in [0.25, 0.3) is 0 Å². The fourth-order valence-corrected chi connectivity index (χ4v) is 7.85. The van der Waals surface area contributed by atoms with Crippen molar-refractivity contribution >= 4 is 38.7 Å². The van der Waals surface area contributed by atoms with E-state index in [1.807, 2.05) is 24.3 Å². The minimum Gasteiger partial charge on any atom is -0.455 e. The zero-order valence-corrected chi connectivity index (χ0v) is 28.3. The molecule has 0 aliphatic heterocycles. The number of carbonyl (C=O) groups is 2. The quantitative estimate of drug-likeness (QED) is 0.119. The van der Waals surface area contributed by atoms with Gasteiger partial charge in [-0.3, -0.25) is 14.1 Å². The van der Waals surface area contributed by atoms with Crippen LogP contribution < -0.4 is 15.8 Å². The molecule has 0 aromatic heterocycles. The number of rotatable bonds is 7. The van der Waals surface area contributed by atoms with Gasteiger partial charge in [0.1, 0.15) is 10.6 Å². The average Bonchev–Trinajstić information content (AvgIpc) is 2.93. The Bertz CT molecular complexity index is 2020. The predicted octanol–water partition coefficient (Wildman–Crippen LogP) is 8.47. The van der Waals surface area contributed by atoms with Gasteiger partial charge in [-0.15, -0.1) is 0 Å². The molecule has 1 aliphatic carbocycles. The molecule has 5 rings (SSSR count). The van der Waals surface area contributed by atoms with Crippen molar-refractivity contribution in [3.63, 3.8) is 0 Å². The molecule has 8 nitrogen and oxygen atoms in total. The number of anilines is 3. The van der Waals surface area contributed by atoms with E-state index in [1.54, 1.807) is 57.2 Å². The topological polar surface area (TPSA) is 136 Å². The number of hydrogen-bond acceptors (Lipinski definition) is 7. The van der Waals surface area contributed by atoms with Crippen LogP contribution in [0.15, 0.2) is 65.6 Å². The highest BCUT2D eigenvalue weighted by Crippen LogP contribution is 2.44. The van der Waals surface area contributed by atoms with E-state index in [-0.39, 0.29) is 60.7 Å². The third-order valence-corrected chi connectivity index (χ3v) is 9.60. The predicted molar refractivity (Wildman–Crippen MR) is 182 cm³/mol. The second kappa shape index (κ2) is 11.4. The highest BCUT2D eigenvalue weighted by Gasteiger charge is 2.36. The molecule has 1 aliphatic rings. The molecule has 0 fully saturated rings. The summed E-state index contributed by atoms with van der Waals surface area (Å²) in [6.07, 6.45) is 0.974. The second-order valence-corrected chi connectivity index (χ2v) is 15.3. The number of nitrogen functional groups attached to an aromatic ring is 1. The van der Waals surface area contributed by atoms with Gasteiger partial charge in [-0.1, -0.05) is 77.1 Å². The molecular weight excluding hydrogens is 600 g/mol. The molecular formula is C37H40N2O6S. The van der Waals surface area contributed by atoms with Gasteiger partial charge in [-0.25, -0.2) is 0 Å². The number of hydrogen-bond donors (Lipinski definition) is 3. The van der Waals surface area contributed by atoms with Gasteiger partial charge < -0.3 is 15.8 Å². The number of nitrogens with one attached hydrogen (secondary N) is 1. The highest BCUT2D eigenvalue weighted by molar-refractivity contribution is 7.86. The van der Waals surface area contributed by atoms with Gasteiger partial charge >= 0.3 is 0 Å². The first-order valence-corrected chi connectivity index (χ1v) is 16.5. The first kappa shape index (κ1) is 32.9. The molecule has 0 spiro atoms. The smallest absolute Gasteiger partial charge is 0.295 e. The number of carbonyl (C=O) groups excluding carboxylic acids is 2. The number of aryl methyl sites for hydroxylation is 2. The Morgan fingerprint density at radius 3 is 1.93 bits per heavy atom. The lowest BCUT2D eigenvalue weighted by Gasteiger charge is -2.33. The lowest BCUT2D eigenvalue weighted by molar-refractivity contribution is 0.0980. The summed E-state index contributed by atoms with van der Waals surface area (Å²) in [5.41, 5.74) is 10.2. The van der Waals surface area contributed by atoms with Crippen molar-refractivity contribution in [2.24, 2.45) is 5.41 Å². The second-order valence-electron chi connectivity index (χ2n) is 14.0. The van der Waals surface area contributed by atoms with E-state index in [2.05, 4.69) is 39.9 Å². The van der Waals surface area contributed by atoms with Crippen molar-refractivity contribution in [3.05, 3.63) is 105 Å². The molecule has 9 heteroatoms. The van der Waals surface area contributed by atoms with Crippen molar-refractivity contribution < 1.29 is 27.3 Å². The fraction of sp³-hybridized carbons (Fsp3) is 0.297. The molecule has 0 unspecified atom stereocenters. The van der Waals surface area contributed by atoms with Crippen molar-refractivity contribution in [2.75, 3.05) is 11.1 Å². The molecule has 4 aromatic rings. The van der Waals surface area contributed by atoms with E-state index in [0.717, 1.165) is 12.0 Å². The van der Waals surface area contributed by atoms with Gasteiger partial charge in [0.2, 0.25) is 0 Å². The van der Waals surface area contributed by atoms with Gasteiger partial charge in [-0.05, 0) is 72.4 Å². The molecule has 0 atom stereocenters. The van der Waals surface area contributed by atoms with E-state index < -0.39 is 21.7 Å². The molecule has 0 saturated carbocycles. The Balaban J connectivity index is 1.66. The number of fused-ring (bicyclic) bond motifs is 2. The largest absolute Gasteiger partial charge is 0.455 e. The van der Waals surface area contributed by atoms with Gasteiger partial charge in [0.15, 0.2) is 17.3 Å². The van der Waals surface area contributed by atoms with Crippen molar-refractivity contribution in [2.45, 2.75) is 72.1 Å². The molecule has 0 heterocycles. The van der Waals surface area contributed by atoms with Crippen LogP contribution in [0.5, 0.6) is 11.5 Å². The fourth-order valence-electron chi connectivity index (χ4n) is 6.90. The molecule has 0 bridgehead atoms. The summed E-state index contributed by atoms with van der Waals surface area (Å²) in [5.74, 6) is -0.194. The van der Waals surface area contributed by atoms with Crippen molar-refractivity contribution in [1.29, 1.82) is 0 Å². The summed E-state index contributed by atoms with van der Waals surface area (Å²) >= 11 is 0. The van der Waals surface area contributed by atoms with Crippen LogP contribution in [0, 0.1) is 26.2 Å². The Hall–Kier alpha value is -4.47. The summed E-state index contributed by atoms with van der Waals surface area (Å²) in [6, 6.07) is 17.4. The lowest BCUT2D eigenvalue weighted by Crippen LogP contribution is -2.24. The summed E-state index contributed by atoms with van der Waals surface area (Å²) in [6.45, 7) is 16.0. The van der Waals surface area contributed by atoms with E-state index in [1.165, 1.54) is 0 Å². The Morgan fingerprint density at radius 2 is 1.39 bits per heavy atom. The van der Waals surface area contributed by atoms with Crippen LogP contribution in [-0.2, 0) is 15.5 Å². The van der Waals surface area contributed by atoms with Gasteiger partial charge in [0.25, 0.3) is 10.1 Å². The van der Waals surface area contributed by atoms with E-state index in [0.29, 0.717) is 22.6 Å². The Morgan fingerprint density at radius 1 is 0.826 bits per heavy atom. The summed E-state index contributed by atoms with van der Waals surface area (Å²) in [4.78, 5) is 27.6. The average molecular weight is 641 g/mol. The van der Waals surface area contributed by atoms with Crippen LogP contribution in [-0.4, -0.2) is 24.5 Å². The lowest BCUT2D eigenvalue weighted by atomic mass is 9.72. The number of ether oxygens (including phenoxy) is 1. The van der Waals surface area contributed by atoms with Crippen LogP contribution in [0.1, 0.15) is 95.1 Å². The third kappa shape index (κ3) is 6.04. The van der Waals surface area contributed by atoms with Crippen LogP contribution in [0.2, 0.25) is 0 Å². The molecule has 4 aromatic carbocycles. The number of ketones is 2. The molecule has 0 radical (unpaired) electrons. The zero-order valence-electron chi connectivity index (χ0n) is 27.5. The van der Waals surface area contributed by atoms with E-state index in [4.69, 9.17) is 10.5 Å². The first-order chi connectivity index (χ1) is 21.3. The minimum absolute atomic E-state index is 0.00375. The van der Waals surface area contributed by atoms with E-state index >= 15 is 0 Å². The van der Waals surface area contributed by atoms with Gasteiger partial charge in [0.05, 0.1) is 22.5 Å². The molecule has 0 saturated heterocycles. The summed E-state index contributed by atoms with van der Waals surface area (Å²) in [5, 5.41) is 3.21.